The number of aliphatic carboxylic acids is 1. The van der Waals surface area contributed by atoms with E-state index in [1.54, 1.807) is 24.3 Å². The molecule has 2 rings (SSSR count). The normalized spacial score (nSPS) is 11.4. The van der Waals surface area contributed by atoms with Crippen LogP contribution in [0.2, 0.25) is 0 Å². The smallest absolute Gasteiger partial charge is 0.408 e. The first-order chi connectivity index (χ1) is 12.5. The molecule has 0 spiro atoms. The molecule has 1 aromatic heterocycles. The van der Waals surface area contributed by atoms with Crippen molar-refractivity contribution < 1.29 is 24.4 Å². The number of nitrogens with one attached hydrogen (secondary N) is 1. The third-order valence-electron chi connectivity index (χ3n) is 3.51. The molecule has 1 atom stereocenters. The summed E-state index contributed by atoms with van der Waals surface area (Å²) in [4.78, 5) is 37.0. The van der Waals surface area contributed by atoms with Crippen LogP contribution in [0.4, 0.5) is 10.5 Å². The van der Waals surface area contributed by atoms with E-state index in [0.29, 0.717) is 5.69 Å². The monoisotopic (exact) mass is 359 g/mol. The van der Waals surface area contributed by atoms with E-state index in [9.17, 15) is 24.8 Å². The molecule has 2 aromatic rings. The second kappa shape index (κ2) is 9.11. The van der Waals surface area contributed by atoms with Crippen molar-refractivity contribution in [2.24, 2.45) is 0 Å². The molecule has 1 unspecified atom stereocenters. The molecule has 0 fully saturated rings. The van der Waals surface area contributed by atoms with Crippen molar-refractivity contribution in [1.29, 1.82) is 0 Å². The highest BCUT2D eigenvalue weighted by molar-refractivity contribution is 5.79. The summed E-state index contributed by atoms with van der Waals surface area (Å²) in [5.74, 6) is -1.21. The third-order valence-corrected chi connectivity index (χ3v) is 3.51. The molecule has 0 saturated carbocycles. The molecule has 1 amide bonds. The number of carbonyl (C=O) groups excluding carboxylic acids is 1. The van der Waals surface area contributed by atoms with Gasteiger partial charge in [-0.2, -0.15) is 0 Å². The molecule has 136 valence electrons. The van der Waals surface area contributed by atoms with Gasteiger partial charge >= 0.3 is 12.1 Å². The molecule has 9 heteroatoms. The van der Waals surface area contributed by atoms with E-state index >= 15 is 0 Å². The number of rotatable bonds is 8. The molecule has 9 nitrogen and oxygen atoms in total. The minimum absolute atomic E-state index is 0.0307. The minimum Gasteiger partial charge on any atom is -0.480 e. The maximum Gasteiger partial charge on any atom is 0.408 e. The molecular formula is C17H17N3O6. The Morgan fingerprint density at radius 3 is 2.54 bits per heavy atom. The summed E-state index contributed by atoms with van der Waals surface area (Å²) in [5.41, 5.74) is 1.12. The standard InChI is InChI=1S/C17H17N3O6/c21-16(22)15(9-7-13-6-8-14(10-18-13)20(24)25)19-17(23)26-11-12-4-2-1-3-5-12/h1-6,8,10,15H,7,9,11H2,(H,19,23)(H,21,22). The summed E-state index contributed by atoms with van der Waals surface area (Å²) >= 11 is 0. The van der Waals surface area contributed by atoms with E-state index in [2.05, 4.69) is 10.3 Å². The number of ether oxygens (including phenoxy) is 1. The highest BCUT2D eigenvalue weighted by atomic mass is 16.6. The van der Waals surface area contributed by atoms with Crippen LogP contribution in [0.3, 0.4) is 0 Å². The van der Waals surface area contributed by atoms with Crippen molar-refractivity contribution >= 4 is 17.7 Å². The molecule has 0 aliphatic heterocycles. The highest BCUT2D eigenvalue weighted by Crippen LogP contribution is 2.11. The first kappa shape index (κ1) is 18.8. The third kappa shape index (κ3) is 5.86. The molecule has 0 radical (unpaired) electrons. The number of aryl methyl sites for hydroxylation is 1. The molecule has 0 aliphatic carbocycles. The number of nitrogens with zero attached hydrogens (tertiary/aromatic N) is 2. The molecule has 0 bridgehead atoms. The van der Waals surface area contributed by atoms with Crippen LogP contribution in [0.15, 0.2) is 48.7 Å². The van der Waals surface area contributed by atoms with Gasteiger partial charge in [-0.05, 0) is 24.5 Å². The van der Waals surface area contributed by atoms with Gasteiger partial charge in [0.2, 0.25) is 0 Å². The van der Waals surface area contributed by atoms with Gasteiger partial charge in [-0.25, -0.2) is 9.59 Å². The Bertz CT molecular complexity index is 764. The number of nitro groups is 1. The molecule has 26 heavy (non-hydrogen) atoms. The Kier molecular flexibility index (Phi) is 6.60. The number of benzene rings is 1. The Labute approximate surface area is 148 Å². The van der Waals surface area contributed by atoms with Crippen molar-refractivity contribution in [3.63, 3.8) is 0 Å². The molecular weight excluding hydrogens is 342 g/mol. The summed E-state index contributed by atoms with van der Waals surface area (Å²) in [7, 11) is 0. The highest BCUT2D eigenvalue weighted by Gasteiger charge is 2.21. The van der Waals surface area contributed by atoms with E-state index in [1.807, 2.05) is 6.07 Å². The topological polar surface area (TPSA) is 132 Å². The van der Waals surface area contributed by atoms with Crippen LogP contribution >= 0.6 is 0 Å². The number of alkyl carbamates (subject to hydrolysis) is 1. The van der Waals surface area contributed by atoms with Gasteiger partial charge in [0, 0.05) is 11.8 Å². The molecule has 1 aromatic carbocycles. The fourth-order valence-corrected chi connectivity index (χ4v) is 2.13. The van der Waals surface area contributed by atoms with Crippen LogP contribution in [0.1, 0.15) is 17.7 Å². The average molecular weight is 359 g/mol. The molecule has 0 saturated heterocycles. The number of hydrogen-bond donors (Lipinski definition) is 2. The number of pyridine rings is 1. The number of carbonyl (C=O) groups is 2. The molecule has 1 heterocycles. The summed E-state index contributed by atoms with van der Waals surface area (Å²) in [6.45, 7) is 0.0307. The van der Waals surface area contributed by atoms with Gasteiger partial charge in [0.25, 0.3) is 5.69 Å². The minimum atomic E-state index is -1.21. The average Bonchev–Trinajstić information content (AvgIpc) is 2.64. The Morgan fingerprint density at radius 1 is 1.23 bits per heavy atom. The number of carboxylic acid groups (broad SMARTS) is 1. The predicted octanol–water partition coefficient (Wildman–Crippen LogP) is 2.30. The Hall–Kier alpha value is -3.49. The van der Waals surface area contributed by atoms with Crippen LogP contribution in [0.25, 0.3) is 0 Å². The quantitative estimate of drug-likeness (QED) is 0.546. The zero-order valence-corrected chi connectivity index (χ0v) is 13.7. The van der Waals surface area contributed by atoms with Gasteiger partial charge in [0.15, 0.2) is 0 Å². The summed E-state index contributed by atoms with van der Waals surface area (Å²) < 4.78 is 5.00. The van der Waals surface area contributed by atoms with E-state index in [1.165, 1.54) is 12.1 Å². The fourth-order valence-electron chi connectivity index (χ4n) is 2.13. The molecule has 0 aliphatic rings. The van der Waals surface area contributed by atoms with Crippen LogP contribution in [0, 0.1) is 10.1 Å². The van der Waals surface area contributed by atoms with Gasteiger partial charge in [-0.3, -0.25) is 15.1 Å². The summed E-state index contributed by atoms with van der Waals surface area (Å²) in [6, 6.07) is 10.6. The fraction of sp³-hybridized carbons (Fsp3) is 0.235. The van der Waals surface area contributed by atoms with Gasteiger partial charge in [0.05, 0.1) is 4.92 Å². The first-order valence-corrected chi connectivity index (χ1v) is 7.75. The molecule has 2 N–H and O–H groups in total. The number of aromatic nitrogens is 1. The van der Waals surface area contributed by atoms with Crippen molar-refractivity contribution in [3.05, 3.63) is 70.0 Å². The summed E-state index contributed by atoms with van der Waals surface area (Å²) in [6.07, 6.45) is 0.569. The van der Waals surface area contributed by atoms with Crippen LogP contribution in [-0.4, -0.2) is 33.1 Å². The Balaban J connectivity index is 1.84. The second-order valence-corrected chi connectivity index (χ2v) is 5.40. The summed E-state index contributed by atoms with van der Waals surface area (Å²) in [5, 5.41) is 22.1. The van der Waals surface area contributed by atoms with Crippen molar-refractivity contribution in [2.45, 2.75) is 25.5 Å². The number of hydrogen-bond acceptors (Lipinski definition) is 6. The maximum atomic E-state index is 11.8. The lowest BCUT2D eigenvalue weighted by Crippen LogP contribution is -2.41. The zero-order chi connectivity index (χ0) is 18.9. The first-order valence-electron chi connectivity index (χ1n) is 7.75. The van der Waals surface area contributed by atoms with Gasteiger partial charge < -0.3 is 15.2 Å². The lowest BCUT2D eigenvalue weighted by atomic mass is 10.1. The SMILES string of the molecule is O=C(NC(CCc1ccc([N+](=O)[O-])cn1)C(=O)O)OCc1ccccc1. The maximum absolute atomic E-state index is 11.8. The van der Waals surface area contributed by atoms with Gasteiger partial charge in [-0.1, -0.05) is 30.3 Å². The van der Waals surface area contributed by atoms with Crippen LogP contribution in [-0.2, 0) is 22.6 Å². The van der Waals surface area contributed by atoms with Crippen molar-refractivity contribution in [2.75, 3.05) is 0 Å². The number of carboxylic acids is 1. The lowest BCUT2D eigenvalue weighted by Gasteiger charge is -2.14. The second-order valence-electron chi connectivity index (χ2n) is 5.40. The largest absolute Gasteiger partial charge is 0.480 e. The van der Waals surface area contributed by atoms with E-state index < -0.39 is 23.0 Å². The van der Waals surface area contributed by atoms with Gasteiger partial charge in [0.1, 0.15) is 18.8 Å². The van der Waals surface area contributed by atoms with Crippen molar-refractivity contribution in [3.8, 4) is 0 Å². The predicted molar refractivity (Wildman–Crippen MR) is 90.4 cm³/mol. The van der Waals surface area contributed by atoms with Gasteiger partial charge in [-0.15, -0.1) is 0 Å². The lowest BCUT2D eigenvalue weighted by molar-refractivity contribution is -0.385. The van der Waals surface area contributed by atoms with Crippen molar-refractivity contribution in [1.82, 2.24) is 10.3 Å². The van der Waals surface area contributed by atoms with E-state index in [4.69, 9.17) is 4.74 Å². The Morgan fingerprint density at radius 2 is 1.96 bits per heavy atom. The van der Waals surface area contributed by atoms with Crippen LogP contribution < -0.4 is 5.32 Å². The van der Waals surface area contributed by atoms with Crippen LogP contribution in [0.5, 0.6) is 0 Å². The number of amides is 1. The van der Waals surface area contributed by atoms with E-state index in [0.717, 1.165) is 11.8 Å². The van der Waals surface area contributed by atoms with E-state index in [-0.39, 0.29) is 25.1 Å². The zero-order valence-electron chi connectivity index (χ0n) is 13.7.